The largest absolute Gasteiger partial charge is 0.460 e. The Labute approximate surface area is 226 Å². The Hall–Kier alpha value is -0.653. The van der Waals surface area contributed by atoms with Gasteiger partial charge in [-0.3, -0.25) is 0 Å². The van der Waals surface area contributed by atoms with Gasteiger partial charge in [-0.25, -0.2) is 4.79 Å². The second-order valence-corrected chi connectivity index (χ2v) is 15.7. The van der Waals surface area contributed by atoms with Gasteiger partial charge in [0.2, 0.25) is 0 Å². The van der Waals surface area contributed by atoms with Gasteiger partial charge in [0.1, 0.15) is 6.61 Å². The normalized spacial score (nSPS) is 11.6. The molecule has 0 radical (unpaired) electrons. The van der Waals surface area contributed by atoms with E-state index in [9.17, 15) is 4.79 Å². The minimum absolute atomic E-state index is 0.272. The number of esters is 1. The monoisotopic (exact) mass is 526 g/mol. The molecule has 36 heavy (non-hydrogen) atoms. The molecule has 0 heterocycles. The van der Waals surface area contributed by atoms with Gasteiger partial charge in [0.25, 0.3) is 0 Å². The summed E-state index contributed by atoms with van der Waals surface area (Å²) in [4.78, 5) is 11.0. The van der Waals surface area contributed by atoms with Crippen LogP contribution in [0.3, 0.4) is 0 Å². The molecule has 0 rings (SSSR count). The van der Waals surface area contributed by atoms with Gasteiger partial charge in [0.15, 0.2) is 0 Å². The standard InChI is InChI=1S/C31H62O4Si/c1-5-9-12-15-18-27-36(28-19-16-13-10-6-2,29-20-17-14-11-7-3)30-21-22-33-23-24-34-25-26-35-31(32)8-4/h8H,4-7,9-30H2,1-3H3. The summed E-state index contributed by atoms with van der Waals surface area (Å²) < 4.78 is 16.3. The topological polar surface area (TPSA) is 44.8 Å². The quantitative estimate of drug-likeness (QED) is 0.0421. The number of hydrogen-bond donors (Lipinski definition) is 0. The van der Waals surface area contributed by atoms with E-state index in [4.69, 9.17) is 14.2 Å². The van der Waals surface area contributed by atoms with E-state index in [1.807, 2.05) is 0 Å². The Balaban J connectivity index is 4.56. The molecule has 0 saturated heterocycles. The van der Waals surface area contributed by atoms with Gasteiger partial charge in [0, 0.05) is 12.7 Å². The van der Waals surface area contributed by atoms with E-state index >= 15 is 0 Å². The van der Waals surface area contributed by atoms with Crippen LogP contribution in [0.15, 0.2) is 12.7 Å². The molecule has 0 fully saturated rings. The molecule has 0 aliphatic heterocycles. The molecule has 0 aromatic rings. The van der Waals surface area contributed by atoms with Gasteiger partial charge in [-0.15, -0.1) is 0 Å². The fourth-order valence-corrected chi connectivity index (χ4v) is 10.6. The maximum absolute atomic E-state index is 11.0. The van der Waals surface area contributed by atoms with Crippen molar-refractivity contribution in [1.29, 1.82) is 0 Å². The molecular formula is C31H62O4Si. The minimum atomic E-state index is -1.24. The molecule has 0 aliphatic carbocycles. The summed E-state index contributed by atoms with van der Waals surface area (Å²) in [6, 6.07) is 6.08. The third kappa shape index (κ3) is 22.5. The van der Waals surface area contributed by atoms with Gasteiger partial charge in [-0.05, 0) is 6.42 Å². The summed E-state index contributed by atoms with van der Waals surface area (Å²) in [6.07, 6.45) is 23.5. The van der Waals surface area contributed by atoms with E-state index in [1.165, 1.54) is 115 Å². The van der Waals surface area contributed by atoms with E-state index < -0.39 is 14.0 Å². The third-order valence-corrected chi connectivity index (χ3v) is 13.1. The van der Waals surface area contributed by atoms with Crippen molar-refractivity contribution in [1.82, 2.24) is 0 Å². The van der Waals surface area contributed by atoms with Crippen molar-refractivity contribution in [2.45, 2.75) is 148 Å². The second-order valence-electron chi connectivity index (χ2n) is 10.7. The number of unbranched alkanes of at least 4 members (excludes halogenated alkanes) is 12. The van der Waals surface area contributed by atoms with Crippen LogP contribution in [0.1, 0.15) is 124 Å². The van der Waals surface area contributed by atoms with Crippen molar-refractivity contribution < 1.29 is 19.0 Å². The molecular weight excluding hydrogens is 464 g/mol. The zero-order chi connectivity index (χ0) is 26.6. The van der Waals surface area contributed by atoms with Gasteiger partial charge in [-0.2, -0.15) is 0 Å². The predicted molar refractivity (Wildman–Crippen MR) is 159 cm³/mol. The Morgan fingerprint density at radius 3 is 1.39 bits per heavy atom. The molecule has 0 spiro atoms. The Kier molecular flexibility index (Phi) is 26.9. The lowest BCUT2D eigenvalue weighted by Crippen LogP contribution is -2.34. The summed E-state index contributed by atoms with van der Waals surface area (Å²) in [7, 11) is -1.24. The van der Waals surface area contributed by atoms with E-state index in [2.05, 4.69) is 27.4 Å². The Morgan fingerprint density at radius 2 is 0.944 bits per heavy atom. The molecule has 5 heteroatoms. The average molecular weight is 527 g/mol. The summed E-state index contributed by atoms with van der Waals surface area (Å²) in [5, 5.41) is 0. The van der Waals surface area contributed by atoms with Crippen molar-refractivity contribution in [3.63, 3.8) is 0 Å². The van der Waals surface area contributed by atoms with Crippen molar-refractivity contribution in [2.24, 2.45) is 0 Å². The van der Waals surface area contributed by atoms with E-state index in [0.717, 1.165) is 6.61 Å². The number of hydrogen-bond acceptors (Lipinski definition) is 4. The first-order chi connectivity index (χ1) is 17.6. The van der Waals surface area contributed by atoms with E-state index in [0.29, 0.717) is 19.8 Å². The van der Waals surface area contributed by atoms with Gasteiger partial charge in [-0.1, -0.05) is 148 Å². The number of carbonyl (C=O) groups is 1. The number of ether oxygens (including phenoxy) is 3. The van der Waals surface area contributed by atoms with Crippen LogP contribution in [0.5, 0.6) is 0 Å². The summed E-state index contributed by atoms with van der Waals surface area (Å²) in [5.74, 6) is -0.399. The zero-order valence-corrected chi connectivity index (χ0v) is 25.6. The van der Waals surface area contributed by atoms with E-state index in [1.54, 1.807) is 18.1 Å². The highest BCUT2D eigenvalue weighted by atomic mass is 28.3. The highest BCUT2D eigenvalue weighted by Crippen LogP contribution is 2.34. The predicted octanol–water partition coefficient (Wildman–Crippen LogP) is 9.50. The van der Waals surface area contributed by atoms with Gasteiger partial charge < -0.3 is 14.2 Å². The van der Waals surface area contributed by atoms with Crippen LogP contribution in [-0.2, 0) is 19.0 Å². The lowest BCUT2D eigenvalue weighted by atomic mass is 10.2. The molecule has 0 aromatic carbocycles. The highest BCUT2D eigenvalue weighted by Gasteiger charge is 2.30. The van der Waals surface area contributed by atoms with Crippen LogP contribution in [0.25, 0.3) is 0 Å². The molecule has 0 amide bonds. The summed E-state index contributed by atoms with van der Waals surface area (Å²) >= 11 is 0. The molecule has 4 nitrogen and oxygen atoms in total. The van der Waals surface area contributed by atoms with Gasteiger partial charge >= 0.3 is 5.97 Å². The third-order valence-electron chi connectivity index (χ3n) is 7.44. The smallest absolute Gasteiger partial charge is 0.330 e. The van der Waals surface area contributed by atoms with Gasteiger partial charge in [0.05, 0.1) is 27.9 Å². The molecule has 214 valence electrons. The fraction of sp³-hybridized carbons (Fsp3) is 0.903. The van der Waals surface area contributed by atoms with Crippen LogP contribution in [0.2, 0.25) is 24.2 Å². The molecule has 0 bridgehead atoms. The maximum Gasteiger partial charge on any atom is 0.330 e. The highest BCUT2D eigenvalue weighted by molar-refractivity contribution is 6.79. The first-order valence-electron chi connectivity index (χ1n) is 15.6. The van der Waals surface area contributed by atoms with Crippen LogP contribution in [0, 0.1) is 0 Å². The zero-order valence-electron chi connectivity index (χ0n) is 24.6. The van der Waals surface area contributed by atoms with Crippen LogP contribution >= 0.6 is 0 Å². The Morgan fingerprint density at radius 1 is 0.556 bits per heavy atom. The second kappa shape index (κ2) is 27.4. The molecule has 0 saturated carbocycles. The summed E-state index contributed by atoms with van der Waals surface area (Å²) in [6.45, 7) is 13.0. The van der Waals surface area contributed by atoms with Crippen molar-refractivity contribution in [3.05, 3.63) is 12.7 Å². The van der Waals surface area contributed by atoms with Crippen LogP contribution in [0.4, 0.5) is 0 Å². The van der Waals surface area contributed by atoms with Crippen molar-refractivity contribution >= 4 is 14.0 Å². The van der Waals surface area contributed by atoms with Crippen molar-refractivity contribution in [2.75, 3.05) is 33.0 Å². The molecule has 0 aromatic heterocycles. The molecule has 0 atom stereocenters. The molecule has 0 unspecified atom stereocenters. The lowest BCUT2D eigenvalue weighted by Gasteiger charge is -2.33. The number of rotatable bonds is 29. The molecule has 0 N–H and O–H groups in total. The van der Waals surface area contributed by atoms with Crippen molar-refractivity contribution in [3.8, 4) is 0 Å². The molecule has 0 aliphatic rings. The average Bonchev–Trinajstić information content (AvgIpc) is 2.89. The van der Waals surface area contributed by atoms with Crippen LogP contribution < -0.4 is 0 Å². The SMILES string of the molecule is C=CC(=O)OCCOCCOCCC[Si](CCCCCCC)(CCCCCCC)CCCCCCC. The fourth-order valence-electron chi connectivity index (χ4n) is 5.19. The lowest BCUT2D eigenvalue weighted by molar-refractivity contribution is -0.139. The maximum atomic E-state index is 11.0. The first-order valence-corrected chi connectivity index (χ1v) is 18.4. The number of carbonyl (C=O) groups excluding carboxylic acids is 1. The van der Waals surface area contributed by atoms with Crippen LogP contribution in [-0.4, -0.2) is 47.1 Å². The van der Waals surface area contributed by atoms with E-state index in [-0.39, 0.29) is 6.61 Å². The summed E-state index contributed by atoms with van der Waals surface area (Å²) in [5.41, 5.74) is 0. The minimum Gasteiger partial charge on any atom is -0.460 e. The first kappa shape index (κ1) is 35.3. The Bertz CT molecular complexity index is 447.